The molecule has 2 heterocycles. The Kier molecular flexibility index (Phi) is 6.19. The number of anilines is 3. The van der Waals surface area contributed by atoms with Gasteiger partial charge in [0.05, 0.1) is 18.4 Å². The number of piperazine rings is 1. The second kappa shape index (κ2) is 9.05. The maximum Gasteiger partial charge on any atom is 0.335 e. The van der Waals surface area contributed by atoms with Crippen molar-refractivity contribution in [2.24, 2.45) is 0 Å². The lowest BCUT2D eigenvalue weighted by Crippen LogP contribution is -2.46. The van der Waals surface area contributed by atoms with Gasteiger partial charge in [-0.15, -0.1) is 11.3 Å². The molecule has 0 unspecified atom stereocenters. The predicted molar refractivity (Wildman–Crippen MR) is 124 cm³/mol. The minimum absolute atomic E-state index is 0.00427. The first kappa shape index (κ1) is 21.9. The smallest absolute Gasteiger partial charge is 0.335 e. The average molecular weight is 475 g/mol. The van der Waals surface area contributed by atoms with Crippen molar-refractivity contribution in [3.8, 4) is 5.75 Å². The molecule has 1 aromatic heterocycles. The van der Waals surface area contributed by atoms with Gasteiger partial charge < -0.3 is 19.6 Å². The number of rotatable bonds is 7. The van der Waals surface area contributed by atoms with Crippen molar-refractivity contribution in [3.63, 3.8) is 0 Å². The number of carboxylic acids is 1. The molecule has 1 aliphatic rings. The monoisotopic (exact) mass is 474 g/mol. The van der Waals surface area contributed by atoms with Gasteiger partial charge >= 0.3 is 5.97 Å². The molecule has 4 rings (SSSR count). The summed E-state index contributed by atoms with van der Waals surface area (Å²) in [6.45, 7) is 3.10. The fraction of sp³-hybridized carbons (Fsp3) is 0.238. The molecule has 0 amide bonds. The largest absolute Gasteiger partial charge is 0.495 e. The van der Waals surface area contributed by atoms with Crippen LogP contribution in [0.25, 0.3) is 0 Å². The van der Waals surface area contributed by atoms with Crippen LogP contribution in [-0.2, 0) is 10.0 Å². The van der Waals surface area contributed by atoms with Gasteiger partial charge in [0.1, 0.15) is 5.75 Å². The van der Waals surface area contributed by atoms with Crippen LogP contribution in [0.1, 0.15) is 10.4 Å². The molecule has 0 spiro atoms. The Labute approximate surface area is 189 Å². The van der Waals surface area contributed by atoms with E-state index in [0.29, 0.717) is 5.13 Å². The number of carbonyl (C=O) groups is 1. The normalized spacial score (nSPS) is 14.3. The van der Waals surface area contributed by atoms with E-state index in [-0.39, 0.29) is 22.0 Å². The van der Waals surface area contributed by atoms with E-state index in [4.69, 9.17) is 9.84 Å². The number of nitrogens with zero attached hydrogens (tertiary/aromatic N) is 3. The molecular formula is C21H22N4O5S2. The summed E-state index contributed by atoms with van der Waals surface area (Å²) in [7, 11) is -2.62. The molecule has 0 aliphatic carbocycles. The lowest BCUT2D eigenvalue weighted by molar-refractivity contribution is 0.0696. The highest BCUT2D eigenvalue weighted by molar-refractivity contribution is 7.92. The number of carboxylic acid groups (broad SMARTS) is 1. The summed E-state index contributed by atoms with van der Waals surface area (Å²) >= 11 is 1.28. The van der Waals surface area contributed by atoms with E-state index in [1.807, 2.05) is 18.2 Å². The summed E-state index contributed by atoms with van der Waals surface area (Å²) in [6, 6.07) is 14.1. The van der Waals surface area contributed by atoms with Gasteiger partial charge in [0.15, 0.2) is 10.2 Å². The maximum atomic E-state index is 12.9. The minimum atomic E-state index is -3.97. The third-order valence-electron chi connectivity index (χ3n) is 5.11. The van der Waals surface area contributed by atoms with E-state index in [9.17, 15) is 13.2 Å². The number of methoxy groups -OCH3 is 1. The molecule has 168 valence electrons. The molecular weight excluding hydrogens is 452 g/mol. The number of aromatic nitrogens is 1. The van der Waals surface area contributed by atoms with Crippen LogP contribution in [-0.4, -0.2) is 57.8 Å². The van der Waals surface area contributed by atoms with Gasteiger partial charge in [0.25, 0.3) is 10.0 Å². The molecule has 32 heavy (non-hydrogen) atoms. The number of benzene rings is 2. The first-order valence-electron chi connectivity index (χ1n) is 9.82. The van der Waals surface area contributed by atoms with Gasteiger partial charge in [-0.1, -0.05) is 18.2 Å². The number of para-hydroxylation sites is 1. The first-order chi connectivity index (χ1) is 15.4. The predicted octanol–water partition coefficient (Wildman–Crippen LogP) is 2.98. The van der Waals surface area contributed by atoms with E-state index in [1.54, 1.807) is 0 Å². The van der Waals surface area contributed by atoms with E-state index in [1.165, 1.54) is 47.7 Å². The van der Waals surface area contributed by atoms with E-state index < -0.39 is 16.0 Å². The SMILES string of the molecule is COc1cc(C(=O)O)ccc1NS(=O)(=O)c1csc(N2CCN(c3ccccc3)CC2)n1. The Morgan fingerprint density at radius 3 is 2.44 bits per heavy atom. The van der Waals surface area contributed by atoms with Crippen molar-refractivity contribution < 1.29 is 23.1 Å². The van der Waals surface area contributed by atoms with Gasteiger partial charge in [0.2, 0.25) is 0 Å². The number of nitrogens with one attached hydrogen (secondary N) is 1. The second-order valence-electron chi connectivity index (χ2n) is 7.10. The molecule has 0 atom stereocenters. The van der Waals surface area contributed by atoms with Gasteiger partial charge in [-0.3, -0.25) is 4.72 Å². The van der Waals surface area contributed by atoms with Crippen molar-refractivity contribution in [3.05, 3.63) is 59.5 Å². The molecule has 11 heteroatoms. The molecule has 2 N–H and O–H groups in total. The lowest BCUT2D eigenvalue weighted by atomic mass is 10.2. The van der Waals surface area contributed by atoms with Gasteiger partial charge in [-0.05, 0) is 30.3 Å². The number of ether oxygens (including phenoxy) is 1. The summed E-state index contributed by atoms with van der Waals surface area (Å²) < 4.78 is 33.3. The summed E-state index contributed by atoms with van der Waals surface area (Å²) in [6.07, 6.45) is 0. The van der Waals surface area contributed by atoms with Crippen LogP contribution in [0.15, 0.2) is 58.9 Å². The second-order valence-corrected chi connectivity index (χ2v) is 9.57. The van der Waals surface area contributed by atoms with Crippen LogP contribution < -0.4 is 19.3 Å². The minimum Gasteiger partial charge on any atom is -0.495 e. The molecule has 3 aromatic rings. The van der Waals surface area contributed by atoms with Crippen LogP contribution in [0.3, 0.4) is 0 Å². The third kappa shape index (κ3) is 4.63. The number of hydrogen-bond donors (Lipinski definition) is 2. The van der Waals surface area contributed by atoms with E-state index >= 15 is 0 Å². The quantitative estimate of drug-likeness (QED) is 0.538. The Morgan fingerprint density at radius 2 is 1.78 bits per heavy atom. The summed E-state index contributed by atoms with van der Waals surface area (Å²) in [4.78, 5) is 19.8. The average Bonchev–Trinajstić information content (AvgIpc) is 3.31. The van der Waals surface area contributed by atoms with E-state index in [2.05, 4.69) is 31.6 Å². The Morgan fingerprint density at radius 1 is 1.09 bits per heavy atom. The van der Waals surface area contributed by atoms with Crippen LogP contribution in [0.5, 0.6) is 5.75 Å². The molecule has 0 radical (unpaired) electrons. The van der Waals surface area contributed by atoms with Crippen molar-refractivity contribution in [2.45, 2.75) is 5.03 Å². The lowest BCUT2D eigenvalue weighted by Gasteiger charge is -2.35. The van der Waals surface area contributed by atoms with E-state index in [0.717, 1.165) is 26.2 Å². The highest BCUT2D eigenvalue weighted by atomic mass is 32.2. The molecule has 1 fully saturated rings. The molecule has 0 bridgehead atoms. The van der Waals surface area contributed by atoms with Crippen LogP contribution in [0.2, 0.25) is 0 Å². The zero-order chi connectivity index (χ0) is 22.7. The fourth-order valence-corrected chi connectivity index (χ4v) is 5.64. The Balaban J connectivity index is 1.46. The molecule has 0 saturated carbocycles. The summed E-state index contributed by atoms with van der Waals surface area (Å²) in [5.74, 6) is -1.02. The van der Waals surface area contributed by atoms with Crippen molar-refractivity contribution in [2.75, 3.05) is 47.8 Å². The highest BCUT2D eigenvalue weighted by Gasteiger charge is 2.24. The third-order valence-corrected chi connectivity index (χ3v) is 7.41. The first-order valence-corrected chi connectivity index (χ1v) is 12.2. The number of hydrogen-bond acceptors (Lipinski definition) is 8. The number of aromatic carboxylic acids is 1. The molecule has 1 aliphatic heterocycles. The maximum absolute atomic E-state index is 12.9. The van der Waals surface area contributed by atoms with Gasteiger partial charge in [0, 0.05) is 37.2 Å². The summed E-state index contributed by atoms with van der Waals surface area (Å²) in [5, 5.41) is 11.2. The van der Waals surface area contributed by atoms with Crippen LogP contribution in [0.4, 0.5) is 16.5 Å². The molecule has 9 nitrogen and oxygen atoms in total. The molecule has 1 saturated heterocycles. The standard InChI is InChI=1S/C21H22N4O5S2/c1-30-18-13-15(20(26)27)7-8-17(18)23-32(28,29)19-14-31-21(22-19)25-11-9-24(10-12-25)16-5-3-2-4-6-16/h2-8,13-14,23H,9-12H2,1H3,(H,26,27). The van der Waals surface area contributed by atoms with Gasteiger partial charge in [-0.25, -0.2) is 9.78 Å². The molecule has 2 aromatic carbocycles. The summed E-state index contributed by atoms with van der Waals surface area (Å²) in [5.41, 5.74) is 1.31. The van der Waals surface area contributed by atoms with Crippen molar-refractivity contribution >= 4 is 43.8 Å². The fourth-order valence-electron chi connectivity index (χ4n) is 3.42. The number of thiazole rings is 1. The zero-order valence-corrected chi connectivity index (χ0v) is 18.9. The Bertz CT molecular complexity index is 1210. The highest BCUT2D eigenvalue weighted by Crippen LogP contribution is 2.30. The van der Waals surface area contributed by atoms with Gasteiger partial charge in [-0.2, -0.15) is 8.42 Å². The topological polar surface area (TPSA) is 112 Å². The zero-order valence-electron chi connectivity index (χ0n) is 17.3. The van der Waals surface area contributed by atoms with Crippen LogP contribution >= 0.6 is 11.3 Å². The number of sulfonamides is 1. The van der Waals surface area contributed by atoms with Crippen molar-refractivity contribution in [1.82, 2.24) is 4.98 Å². The van der Waals surface area contributed by atoms with Crippen LogP contribution in [0, 0.1) is 0 Å². The Hall–Kier alpha value is -3.31. The van der Waals surface area contributed by atoms with Crippen molar-refractivity contribution in [1.29, 1.82) is 0 Å².